The van der Waals surface area contributed by atoms with Crippen molar-refractivity contribution in [1.82, 2.24) is 10.2 Å². The van der Waals surface area contributed by atoms with Gasteiger partial charge in [0.25, 0.3) is 10.0 Å². The summed E-state index contributed by atoms with van der Waals surface area (Å²) in [5.41, 5.74) is -0.0764. The van der Waals surface area contributed by atoms with E-state index in [1.165, 1.54) is 30.0 Å². The van der Waals surface area contributed by atoms with Crippen LogP contribution >= 0.6 is 11.6 Å². The molecule has 3 rings (SSSR count). The number of carbonyl (C=O) groups excluding carboxylic acids is 2. The Hall–Kier alpha value is -3.57. The molecule has 0 aliphatic heterocycles. The van der Waals surface area contributed by atoms with E-state index in [1.54, 1.807) is 43.3 Å². The van der Waals surface area contributed by atoms with Gasteiger partial charge in [0.2, 0.25) is 11.8 Å². The van der Waals surface area contributed by atoms with Crippen LogP contribution in [0.3, 0.4) is 0 Å². The van der Waals surface area contributed by atoms with Gasteiger partial charge in [-0.2, -0.15) is 13.2 Å². The summed E-state index contributed by atoms with van der Waals surface area (Å²) in [6.07, 6.45) is -4.09. The third-order valence-electron chi connectivity index (χ3n) is 6.31. The molecule has 0 aliphatic rings. The number of aryl methyl sites for hydroxylation is 1. The van der Waals surface area contributed by atoms with E-state index < -0.39 is 46.2 Å². The molecule has 41 heavy (non-hydrogen) atoms. The number of halogens is 4. The van der Waals surface area contributed by atoms with Crippen molar-refractivity contribution >= 4 is 39.1 Å². The fourth-order valence-electron chi connectivity index (χ4n) is 4.01. The standard InChI is InChI=1S/C29H31ClF3N3O4S/c1-4-15-34-28(38)21(3)35(18-22-7-5-9-24(30)16-22)27(37)19-36(25-10-6-8-23(17-25)29(31,32)33)41(39,40)26-13-11-20(2)12-14-26/h5-14,16-17,21H,4,15,18-19H2,1-3H3,(H,34,38)/t21-/m0/s1. The molecule has 1 N–H and O–H groups in total. The highest BCUT2D eigenvalue weighted by atomic mass is 35.5. The highest BCUT2D eigenvalue weighted by Crippen LogP contribution is 2.33. The van der Waals surface area contributed by atoms with Crippen LogP contribution in [0.15, 0.2) is 77.7 Å². The smallest absolute Gasteiger partial charge is 0.354 e. The minimum absolute atomic E-state index is 0.0961. The highest BCUT2D eigenvalue weighted by molar-refractivity contribution is 7.92. The minimum Gasteiger partial charge on any atom is -0.354 e. The number of rotatable bonds is 11. The maximum atomic E-state index is 13.8. The Kier molecular flexibility index (Phi) is 10.4. The summed E-state index contributed by atoms with van der Waals surface area (Å²) in [4.78, 5) is 27.7. The number of anilines is 1. The van der Waals surface area contributed by atoms with E-state index in [1.807, 2.05) is 6.92 Å². The van der Waals surface area contributed by atoms with Gasteiger partial charge in [0.15, 0.2) is 0 Å². The number of alkyl halides is 3. The summed E-state index contributed by atoms with van der Waals surface area (Å²) in [7, 11) is -4.50. The zero-order valence-electron chi connectivity index (χ0n) is 22.8. The maximum absolute atomic E-state index is 13.8. The number of nitrogens with zero attached hydrogens (tertiary/aromatic N) is 2. The number of nitrogens with one attached hydrogen (secondary N) is 1. The van der Waals surface area contributed by atoms with Gasteiger partial charge in [-0.25, -0.2) is 8.42 Å². The fraction of sp³-hybridized carbons (Fsp3) is 0.310. The molecule has 0 heterocycles. The third kappa shape index (κ3) is 8.23. The first-order valence-corrected chi connectivity index (χ1v) is 14.6. The SMILES string of the molecule is CCCNC(=O)[C@H](C)N(Cc1cccc(Cl)c1)C(=O)CN(c1cccc(C(F)(F)F)c1)S(=O)(=O)c1ccc(C)cc1. The van der Waals surface area contributed by atoms with Crippen LogP contribution in [0, 0.1) is 6.92 Å². The number of sulfonamides is 1. The molecule has 0 aliphatic carbocycles. The Morgan fingerprint density at radius 1 is 1.00 bits per heavy atom. The molecule has 0 unspecified atom stereocenters. The van der Waals surface area contributed by atoms with Crippen molar-refractivity contribution < 1.29 is 31.2 Å². The van der Waals surface area contributed by atoms with E-state index in [4.69, 9.17) is 11.6 Å². The quantitative estimate of drug-likeness (QED) is 0.297. The van der Waals surface area contributed by atoms with E-state index in [0.29, 0.717) is 33.9 Å². The maximum Gasteiger partial charge on any atom is 0.416 e. The van der Waals surface area contributed by atoms with E-state index in [0.717, 1.165) is 17.7 Å². The molecular formula is C29H31ClF3N3O4S. The molecule has 0 saturated heterocycles. The van der Waals surface area contributed by atoms with Gasteiger partial charge >= 0.3 is 6.18 Å². The van der Waals surface area contributed by atoms with E-state index in [9.17, 15) is 31.2 Å². The minimum atomic E-state index is -4.75. The van der Waals surface area contributed by atoms with Crippen LogP contribution < -0.4 is 9.62 Å². The summed E-state index contributed by atoms with van der Waals surface area (Å²) >= 11 is 6.11. The second-order valence-electron chi connectivity index (χ2n) is 9.49. The van der Waals surface area contributed by atoms with Crippen molar-refractivity contribution in [2.24, 2.45) is 0 Å². The van der Waals surface area contributed by atoms with Crippen LogP contribution in [0.5, 0.6) is 0 Å². The number of hydrogen-bond acceptors (Lipinski definition) is 4. The molecule has 0 bridgehead atoms. The zero-order valence-corrected chi connectivity index (χ0v) is 24.4. The van der Waals surface area contributed by atoms with Crippen molar-refractivity contribution in [1.29, 1.82) is 0 Å². The largest absolute Gasteiger partial charge is 0.416 e. The van der Waals surface area contributed by atoms with E-state index >= 15 is 0 Å². The number of carbonyl (C=O) groups is 2. The molecule has 220 valence electrons. The second kappa shape index (κ2) is 13.4. The monoisotopic (exact) mass is 609 g/mol. The summed E-state index contributed by atoms with van der Waals surface area (Å²) in [5.74, 6) is -1.26. The lowest BCUT2D eigenvalue weighted by Gasteiger charge is -2.32. The molecule has 7 nitrogen and oxygen atoms in total. The first-order valence-electron chi connectivity index (χ1n) is 12.8. The number of amides is 2. The average molecular weight is 610 g/mol. The van der Waals surface area contributed by atoms with Gasteiger partial charge in [-0.05, 0) is 68.3 Å². The van der Waals surface area contributed by atoms with Gasteiger partial charge in [0.05, 0.1) is 16.1 Å². The zero-order chi connectivity index (χ0) is 30.4. The molecule has 0 spiro atoms. The van der Waals surface area contributed by atoms with E-state index in [-0.39, 0.29) is 17.1 Å². The van der Waals surface area contributed by atoms with Gasteiger partial charge in [-0.15, -0.1) is 0 Å². The number of benzene rings is 3. The Morgan fingerprint density at radius 3 is 2.27 bits per heavy atom. The molecule has 0 radical (unpaired) electrons. The van der Waals surface area contributed by atoms with Crippen LogP contribution in [0.2, 0.25) is 5.02 Å². The van der Waals surface area contributed by atoms with Crippen LogP contribution in [0.1, 0.15) is 37.0 Å². The number of hydrogen-bond donors (Lipinski definition) is 1. The molecule has 1 atom stereocenters. The van der Waals surface area contributed by atoms with Gasteiger partial charge in [-0.1, -0.05) is 54.4 Å². The Bertz CT molecular complexity index is 1480. The molecule has 12 heteroatoms. The lowest BCUT2D eigenvalue weighted by molar-refractivity contribution is -0.139. The van der Waals surface area contributed by atoms with Crippen LogP contribution in [-0.2, 0) is 32.3 Å². The third-order valence-corrected chi connectivity index (χ3v) is 8.33. The van der Waals surface area contributed by atoms with Gasteiger partial charge < -0.3 is 10.2 Å². The van der Waals surface area contributed by atoms with Crippen molar-refractivity contribution in [2.75, 3.05) is 17.4 Å². The Balaban J connectivity index is 2.08. The Labute approximate surface area is 243 Å². The van der Waals surface area contributed by atoms with Gasteiger partial charge in [-0.3, -0.25) is 13.9 Å². The lowest BCUT2D eigenvalue weighted by Crippen LogP contribution is -2.51. The second-order valence-corrected chi connectivity index (χ2v) is 11.8. The van der Waals surface area contributed by atoms with Crippen molar-refractivity contribution in [3.05, 3.63) is 94.5 Å². The van der Waals surface area contributed by atoms with E-state index in [2.05, 4.69) is 5.32 Å². The predicted octanol–water partition coefficient (Wildman–Crippen LogP) is 5.81. The molecule has 3 aromatic rings. The van der Waals surface area contributed by atoms with Crippen LogP contribution in [-0.4, -0.2) is 44.3 Å². The Morgan fingerprint density at radius 2 is 1.66 bits per heavy atom. The fourth-order valence-corrected chi connectivity index (χ4v) is 5.63. The molecule has 0 aromatic heterocycles. The van der Waals surface area contributed by atoms with Crippen molar-refractivity contribution in [3.63, 3.8) is 0 Å². The molecule has 3 aromatic carbocycles. The molecule has 0 saturated carbocycles. The highest BCUT2D eigenvalue weighted by Gasteiger charge is 2.35. The summed E-state index contributed by atoms with van der Waals surface area (Å²) in [6, 6.07) is 15.1. The summed E-state index contributed by atoms with van der Waals surface area (Å²) in [5, 5.41) is 3.11. The average Bonchev–Trinajstić information content (AvgIpc) is 2.92. The van der Waals surface area contributed by atoms with Crippen LogP contribution in [0.25, 0.3) is 0 Å². The summed E-state index contributed by atoms with van der Waals surface area (Å²) < 4.78 is 68.9. The molecule has 2 amide bonds. The normalized spacial score (nSPS) is 12.5. The van der Waals surface area contributed by atoms with Crippen LogP contribution in [0.4, 0.5) is 18.9 Å². The topological polar surface area (TPSA) is 86.8 Å². The summed E-state index contributed by atoms with van der Waals surface area (Å²) in [6.45, 7) is 4.52. The first kappa shape index (κ1) is 32.0. The van der Waals surface area contributed by atoms with Gasteiger partial charge in [0, 0.05) is 18.1 Å². The van der Waals surface area contributed by atoms with Crippen molar-refractivity contribution in [2.45, 2.75) is 50.9 Å². The molecular weight excluding hydrogens is 579 g/mol. The molecule has 0 fully saturated rings. The predicted molar refractivity (Wildman–Crippen MR) is 152 cm³/mol. The van der Waals surface area contributed by atoms with Gasteiger partial charge in [0.1, 0.15) is 12.6 Å². The first-order chi connectivity index (χ1) is 19.2. The lowest BCUT2D eigenvalue weighted by atomic mass is 10.1. The van der Waals surface area contributed by atoms with Crippen molar-refractivity contribution in [3.8, 4) is 0 Å².